The van der Waals surface area contributed by atoms with Gasteiger partial charge < -0.3 is 20.8 Å². The molecule has 7 nitrogen and oxygen atoms in total. The van der Waals surface area contributed by atoms with Gasteiger partial charge in [-0.25, -0.2) is 4.98 Å². The molecule has 1 aliphatic carbocycles. The minimum absolute atomic E-state index is 0.0532. The zero-order valence-electron chi connectivity index (χ0n) is 12.5. The number of hydrogen-bond donors (Lipinski definition) is 4. The lowest BCUT2D eigenvalue weighted by Crippen LogP contribution is -2.45. The van der Waals surface area contributed by atoms with Gasteiger partial charge in [0, 0.05) is 12.6 Å². The second-order valence-electron chi connectivity index (χ2n) is 5.89. The van der Waals surface area contributed by atoms with Crippen LogP contribution in [0.3, 0.4) is 0 Å². The first-order chi connectivity index (χ1) is 11.0. The molecule has 124 valence electrons. The van der Waals surface area contributed by atoms with Crippen LogP contribution in [0.1, 0.15) is 25.0 Å². The van der Waals surface area contributed by atoms with E-state index < -0.39 is 18.0 Å². The molecule has 2 aliphatic rings. The van der Waals surface area contributed by atoms with Crippen molar-refractivity contribution in [3.8, 4) is 0 Å². The Morgan fingerprint density at radius 2 is 2.26 bits per heavy atom. The fourth-order valence-electron chi connectivity index (χ4n) is 2.95. The quantitative estimate of drug-likeness (QED) is 0.644. The summed E-state index contributed by atoms with van der Waals surface area (Å²) in [5, 5.41) is 25.1. The lowest BCUT2D eigenvalue weighted by Gasteiger charge is -2.31. The van der Waals surface area contributed by atoms with Crippen molar-refractivity contribution in [1.82, 2.24) is 10.3 Å². The van der Waals surface area contributed by atoms with Crippen LogP contribution in [-0.4, -0.2) is 45.0 Å². The van der Waals surface area contributed by atoms with E-state index >= 15 is 0 Å². The molecular formula is C15H19N3O4S. The summed E-state index contributed by atoms with van der Waals surface area (Å²) in [7, 11) is 0. The van der Waals surface area contributed by atoms with Gasteiger partial charge in [0.15, 0.2) is 0 Å². The predicted octanol–water partition coefficient (Wildman–Crippen LogP) is 0.830. The third kappa shape index (κ3) is 3.82. The fourth-order valence-corrected chi connectivity index (χ4v) is 3.70. The highest BCUT2D eigenvalue weighted by Crippen LogP contribution is 2.30. The summed E-state index contributed by atoms with van der Waals surface area (Å²) in [6.07, 6.45) is 0.791. The number of anilines is 1. The zero-order chi connectivity index (χ0) is 16.4. The minimum Gasteiger partial charge on any atom is -0.481 e. The minimum atomic E-state index is -0.841. The Kier molecular flexibility index (Phi) is 4.84. The number of thioether (sulfide) groups is 1. The molecule has 1 aromatic heterocycles. The molecule has 1 aromatic rings. The Morgan fingerprint density at radius 1 is 1.43 bits per heavy atom. The van der Waals surface area contributed by atoms with E-state index in [2.05, 4.69) is 15.6 Å². The smallest absolute Gasteiger partial charge is 0.306 e. The van der Waals surface area contributed by atoms with Crippen molar-refractivity contribution < 1.29 is 19.8 Å². The van der Waals surface area contributed by atoms with Gasteiger partial charge in [-0.2, -0.15) is 0 Å². The Balaban J connectivity index is 1.58. The van der Waals surface area contributed by atoms with Crippen molar-refractivity contribution in [2.75, 3.05) is 11.1 Å². The normalized spacial score (nSPS) is 27.2. The lowest BCUT2D eigenvalue weighted by molar-refractivity contribution is -0.144. The molecule has 0 spiro atoms. The van der Waals surface area contributed by atoms with E-state index in [9.17, 15) is 14.7 Å². The number of aliphatic carboxylic acids is 1. The molecule has 8 heteroatoms. The number of aromatic nitrogens is 1. The molecule has 0 radical (unpaired) electrons. The topological polar surface area (TPSA) is 112 Å². The van der Waals surface area contributed by atoms with E-state index in [4.69, 9.17) is 5.11 Å². The number of aliphatic hydroxyl groups is 1. The summed E-state index contributed by atoms with van der Waals surface area (Å²) in [4.78, 5) is 27.8. The van der Waals surface area contributed by atoms with Gasteiger partial charge in [0.25, 0.3) is 0 Å². The molecule has 4 N–H and O–H groups in total. The summed E-state index contributed by atoms with van der Waals surface area (Å²) < 4.78 is 0. The first-order valence-corrected chi connectivity index (χ1v) is 8.58. The van der Waals surface area contributed by atoms with Gasteiger partial charge >= 0.3 is 5.97 Å². The third-order valence-electron chi connectivity index (χ3n) is 4.24. The Hall–Kier alpha value is -1.64. The van der Waals surface area contributed by atoms with Crippen LogP contribution in [0.25, 0.3) is 0 Å². The van der Waals surface area contributed by atoms with Crippen molar-refractivity contribution in [3.63, 3.8) is 0 Å². The average molecular weight is 337 g/mol. The molecule has 1 saturated carbocycles. The summed E-state index contributed by atoms with van der Waals surface area (Å²) in [5.41, 5.74) is 0.777. The van der Waals surface area contributed by atoms with Crippen LogP contribution in [-0.2, 0) is 16.1 Å². The number of nitrogens with one attached hydrogen (secondary N) is 2. The molecule has 0 unspecified atom stereocenters. The van der Waals surface area contributed by atoms with Gasteiger partial charge in [0.1, 0.15) is 5.82 Å². The van der Waals surface area contributed by atoms with Crippen LogP contribution in [0.15, 0.2) is 17.0 Å². The molecule has 0 bridgehead atoms. The second kappa shape index (κ2) is 6.86. The molecule has 3 atom stereocenters. The van der Waals surface area contributed by atoms with Crippen LogP contribution >= 0.6 is 11.8 Å². The van der Waals surface area contributed by atoms with Gasteiger partial charge in [-0.05, 0) is 31.4 Å². The number of carbonyl (C=O) groups is 2. The maximum atomic E-state index is 11.4. The molecule has 23 heavy (non-hydrogen) atoms. The van der Waals surface area contributed by atoms with E-state index in [1.54, 1.807) is 0 Å². The standard InChI is InChI=1S/C15H19N3O4S/c19-11-5-8(15(21)22)1-3-10(11)16-6-9-2-4-12-14(17-9)18-13(20)7-23-12/h2,4,8,10-11,16,19H,1,3,5-7H2,(H,21,22)(H,17,18,20)/t8-,10-,11-/m0/s1. The number of nitrogens with zero attached hydrogens (tertiary/aromatic N) is 1. The van der Waals surface area contributed by atoms with Crippen molar-refractivity contribution >= 4 is 29.5 Å². The van der Waals surface area contributed by atoms with Gasteiger partial charge in [-0.1, -0.05) is 0 Å². The summed E-state index contributed by atoms with van der Waals surface area (Å²) in [6.45, 7) is 0.466. The molecular weight excluding hydrogens is 318 g/mol. The highest BCUT2D eigenvalue weighted by Gasteiger charge is 2.32. The zero-order valence-corrected chi connectivity index (χ0v) is 13.3. The van der Waals surface area contributed by atoms with E-state index in [0.717, 1.165) is 10.6 Å². The monoisotopic (exact) mass is 337 g/mol. The molecule has 0 aromatic carbocycles. The summed E-state index contributed by atoms with van der Waals surface area (Å²) >= 11 is 1.46. The van der Waals surface area contributed by atoms with Crippen LogP contribution in [0, 0.1) is 5.92 Å². The predicted molar refractivity (Wildman–Crippen MR) is 85.2 cm³/mol. The number of aliphatic hydroxyl groups excluding tert-OH is 1. The molecule has 1 amide bonds. The first-order valence-electron chi connectivity index (χ1n) is 7.60. The number of pyridine rings is 1. The molecule has 0 saturated heterocycles. The van der Waals surface area contributed by atoms with Gasteiger partial charge in [0.2, 0.25) is 5.91 Å². The van der Waals surface area contributed by atoms with Crippen molar-refractivity contribution in [1.29, 1.82) is 0 Å². The number of fused-ring (bicyclic) bond motifs is 1. The maximum absolute atomic E-state index is 11.4. The average Bonchev–Trinajstić information content (AvgIpc) is 2.53. The van der Waals surface area contributed by atoms with Gasteiger partial charge in [0.05, 0.1) is 28.4 Å². The molecule has 3 rings (SSSR count). The van der Waals surface area contributed by atoms with Crippen molar-refractivity contribution in [2.45, 2.75) is 42.8 Å². The van der Waals surface area contributed by atoms with Gasteiger partial charge in [-0.15, -0.1) is 11.8 Å². The highest BCUT2D eigenvalue weighted by atomic mass is 32.2. The number of carbonyl (C=O) groups excluding carboxylic acids is 1. The highest BCUT2D eigenvalue weighted by molar-refractivity contribution is 8.00. The van der Waals surface area contributed by atoms with Crippen LogP contribution in [0.4, 0.5) is 5.82 Å². The number of carboxylic acids is 1. The second-order valence-corrected chi connectivity index (χ2v) is 6.91. The summed E-state index contributed by atoms with van der Waals surface area (Å²) in [6, 6.07) is 3.69. The Labute approximate surface area is 137 Å². The first kappa shape index (κ1) is 16.2. The van der Waals surface area contributed by atoms with E-state index in [0.29, 0.717) is 31.0 Å². The number of amides is 1. The third-order valence-corrected chi connectivity index (χ3v) is 5.29. The SMILES string of the molecule is O=C1CSc2ccc(CN[C@H]3CC[C@H](C(=O)O)C[C@@H]3O)nc2N1. The van der Waals surface area contributed by atoms with E-state index in [-0.39, 0.29) is 18.4 Å². The van der Waals surface area contributed by atoms with Crippen molar-refractivity contribution in [3.05, 3.63) is 17.8 Å². The summed E-state index contributed by atoms with van der Waals surface area (Å²) in [5.74, 6) is -0.363. The van der Waals surface area contributed by atoms with E-state index in [1.165, 1.54) is 11.8 Å². The largest absolute Gasteiger partial charge is 0.481 e. The molecule has 1 fully saturated rings. The Morgan fingerprint density at radius 3 is 3.00 bits per heavy atom. The van der Waals surface area contributed by atoms with Crippen LogP contribution < -0.4 is 10.6 Å². The maximum Gasteiger partial charge on any atom is 0.306 e. The molecule has 1 aliphatic heterocycles. The number of hydrogen-bond acceptors (Lipinski definition) is 6. The Bertz CT molecular complexity index is 625. The fraction of sp³-hybridized carbons (Fsp3) is 0.533. The number of rotatable bonds is 4. The lowest BCUT2D eigenvalue weighted by atomic mass is 9.84. The van der Waals surface area contributed by atoms with E-state index in [1.807, 2.05) is 12.1 Å². The van der Waals surface area contributed by atoms with Crippen LogP contribution in [0.2, 0.25) is 0 Å². The van der Waals surface area contributed by atoms with Gasteiger partial charge in [-0.3, -0.25) is 9.59 Å². The van der Waals surface area contributed by atoms with Crippen molar-refractivity contribution in [2.24, 2.45) is 5.92 Å². The molecule has 2 heterocycles. The van der Waals surface area contributed by atoms with Crippen LogP contribution in [0.5, 0.6) is 0 Å². The number of carboxylic acid groups (broad SMARTS) is 1.